The number of ketones is 1. The van der Waals surface area contributed by atoms with E-state index in [-0.39, 0.29) is 17.4 Å². The van der Waals surface area contributed by atoms with Crippen LogP contribution >= 0.6 is 0 Å². The molecule has 4 rings (SSSR count). The Bertz CT molecular complexity index is 1050. The Morgan fingerprint density at radius 2 is 1.75 bits per heavy atom. The highest BCUT2D eigenvalue weighted by Gasteiger charge is 2.27. The van der Waals surface area contributed by atoms with Gasteiger partial charge in [0.25, 0.3) is 0 Å². The van der Waals surface area contributed by atoms with Gasteiger partial charge < -0.3 is 9.47 Å². The van der Waals surface area contributed by atoms with Crippen molar-refractivity contribution in [3.05, 3.63) is 113 Å². The molecule has 3 aromatic rings. The molecule has 4 heteroatoms. The van der Waals surface area contributed by atoms with Crippen LogP contribution in [0.1, 0.15) is 21.5 Å². The summed E-state index contributed by atoms with van der Waals surface area (Å²) in [5.41, 5.74) is 2.40. The molecule has 0 radical (unpaired) electrons. The first-order chi connectivity index (χ1) is 13.7. The summed E-state index contributed by atoms with van der Waals surface area (Å²) in [7, 11) is 0. The van der Waals surface area contributed by atoms with Crippen LogP contribution in [0.2, 0.25) is 0 Å². The SMILES string of the molecule is O=C1/C(=C/C=C/c2ccccc2)Oc2cc(OCc3ccc(F)cc3)ccc21. The van der Waals surface area contributed by atoms with Crippen LogP contribution in [0.15, 0.2) is 90.7 Å². The summed E-state index contributed by atoms with van der Waals surface area (Å²) >= 11 is 0. The molecule has 3 aromatic carbocycles. The van der Waals surface area contributed by atoms with Crippen LogP contribution in [-0.2, 0) is 6.61 Å². The van der Waals surface area contributed by atoms with Gasteiger partial charge in [-0.25, -0.2) is 4.39 Å². The lowest BCUT2D eigenvalue weighted by atomic mass is 10.1. The van der Waals surface area contributed by atoms with Gasteiger partial charge in [-0.3, -0.25) is 4.79 Å². The number of Topliss-reactive ketones (excluding diaryl/α,β-unsaturated/α-hetero) is 1. The number of benzene rings is 3. The van der Waals surface area contributed by atoms with Crippen molar-refractivity contribution < 1.29 is 18.7 Å². The average Bonchev–Trinajstić information content (AvgIpc) is 3.03. The highest BCUT2D eigenvalue weighted by atomic mass is 19.1. The van der Waals surface area contributed by atoms with Gasteiger partial charge in [0.2, 0.25) is 5.78 Å². The summed E-state index contributed by atoms with van der Waals surface area (Å²) in [6.45, 7) is 0.301. The molecule has 0 aliphatic carbocycles. The summed E-state index contributed by atoms with van der Waals surface area (Å²) in [5.74, 6) is 0.891. The first-order valence-electron chi connectivity index (χ1n) is 8.86. The number of rotatable bonds is 5. The second-order valence-corrected chi connectivity index (χ2v) is 6.31. The fraction of sp³-hybridized carbons (Fsp3) is 0.0417. The zero-order chi connectivity index (χ0) is 19.3. The van der Waals surface area contributed by atoms with Gasteiger partial charge in [-0.2, -0.15) is 0 Å². The summed E-state index contributed by atoms with van der Waals surface area (Å²) in [5, 5.41) is 0. The van der Waals surface area contributed by atoms with Gasteiger partial charge in [-0.1, -0.05) is 54.6 Å². The van der Waals surface area contributed by atoms with Crippen LogP contribution in [0.25, 0.3) is 6.08 Å². The molecule has 28 heavy (non-hydrogen) atoms. The van der Waals surface area contributed by atoms with E-state index in [1.807, 2.05) is 36.4 Å². The largest absolute Gasteiger partial charge is 0.489 e. The first kappa shape index (κ1) is 17.7. The minimum absolute atomic E-state index is 0.155. The zero-order valence-electron chi connectivity index (χ0n) is 15.0. The van der Waals surface area contributed by atoms with Crippen molar-refractivity contribution in [1.29, 1.82) is 0 Å². The molecule has 0 unspecified atom stereocenters. The summed E-state index contributed by atoms with van der Waals surface area (Å²) in [6, 6.07) is 21.0. The third-order valence-electron chi connectivity index (χ3n) is 4.30. The summed E-state index contributed by atoms with van der Waals surface area (Å²) < 4.78 is 24.4. The third kappa shape index (κ3) is 4.01. The van der Waals surface area contributed by atoms with E-state index in [1.165, 1.54) is 12.1 Å². The molecule has 0 saturated carbocycles. The summed E-state index contributed by atoms with van der Waals surface area (Å²) in [4.78, 5) is 12.5. The van der Waals surface area contributed by atoms with Crippen molar-refractivity contribution in [2.24, 2.45) is 0 Å². The van der Waals surface area contributed by atoms with Crippen molar-refractivity contribution in [3.63, 3.8) is 0 Å². The topological polar surface area (TPSA) is 35.5 Å². The average molecular weight is 372 g/mol. The van der Waals surface area contributed by atoms with E-state index in [0.29, 0.717) is 23.7 Å². The van der Waals surface area contributed by atoms with E-state index < -0.39 is 0 Å². The second-order valence-electron chi connectivity index (χ2n) is 6.31. The highest BCUT2D eigenvalue weighted by Crippen LogP contribution is 2.34. The lowest BCUT2D eigenvalue weighted by molar-refractivity contribution is 0.101. The van der Waals surface area contributed by atoms with E-state index in [2.05, 4.69) is 0 Å². The number of hydrogen-bond donors (Lipinski definition) is 0. The normalized spacial score (nSPS) is 14.3. The van der Waals surface area contributed by atoms with Crippen molar-refractivity contribution in [2.75, 3.05) is 0 Å². The Hall–Kier alpha value is -3.66. The van der Waals surface area contributed by atoms with Crippen LogP contribution < -0.4 is 9.47 Å². The molecule has 0 amide bonds. The molecule has 1 aliphatic rings. The Labute approximate surface area is 162 Å². The number of ether oxygens (including phenoxy) is 2. The maximum absolute atomic E-state index is 13.0. The lowest BCUT2D eigenvalue weighted by Crippen LogP contribution is -1.97. The zero-order valence-corrected chi connectivity index (χ0v) is 15.0. The maximum atomic E-state index is 13.0. The molecule has 138 valence electrons. The van der Waals surface area contributed by atoms with Gasteiger partial charge in [-0.05, 0) is 41.5 Å². The molecule has 1 aliphatic heterocycles. The van der Waals surface area contributed by atoms with E-state index in [4.69, 9.17) is 9.47 Å². The molecule has 0 saturated heterocycles. The van der Waals surface area contributed by atoms with Crippen LogP contribution in [0.3, 0.4) is 0 Å². The van der Waals surface area contributed by atoms with Crippen molar-refractivity contribution >= 4 is 11.9 Å². The Balaban J connectivity index is 1.44. The molecule has 0 aromatic heterocycles. The molecule has 1 heterocycles. The van der Waals surface area contributed by atoms with Gasteiger partial charge in [0.1, 0.15) is 23.9 Å². The minimum atomic E-state index is -0.283. The number of carbonyl (C=O) groups is 1. The molecular weight excluding hydrogens is 355 g/mol. The van der Waals surface area contributed by atoms with Gasteiger partial charge >= 0.3 is 0 Å². The van der Waals surface area contributed by atoms with E-state index in [9.17, 15) is 9.18 Å². The van der Waals surface area contributed by atoms with E-state index in [1.54, 1.807) is 42.5 Å². The quantitative estimate of drug-likeness (QED) is 0.549. The van der Waals surface area contributed by atoms with Gasteiger partial charge in [0, 0.05) is 6.07 Å². The van der Waals surface area contributed by atoms with Crippen LogP contribution in [0, 0.1) is 5.82 Å². The van der Waals surface area contributed by atoms with Gasteiger partial charge in [0.05, 0.1) is 5.56 Å². The number of fused-ring (bicyclic) bond motifs is 1. The first-order valence-corrected chi connectivity index (χ1v) is 8.86. The lowest BCUT2D eigenvalue weighted by Gasteiger charge is -2.07. The third-order valence-corrected chi connectivity index (χ3v) is 4.30. The second kappa shape index (κ2) is 7.92. The predicted molar refractivity (Wildman–Crippen MR) is 106 cm³/mol. The van der Waals surface area contributed by atoms with Crippen molar-refractivity contribution in [1.82, 2.24) is 0 Å². The van der Waals surface area contributed by atoms with Gasteiger partial charge in [-0.15, -0.1) is 0 Å². The van der Waals surface area contributed by atoms with E-state index >= 15 is 0 Å². The van der Waals surface area contributed by atoms with Crippen LogP contribution in [0.4, 0.5) is 4.39 Å². The number of hydrogen-bond acceptors (Lipinski definition) is 3. The number of halogens is 1. The number of carbonyl (C=O) groups excluding carboxylic acids is 1. The standard InChI is InChI=1S/C24H17FO3/c25-19-11-9-18(10-12-19)16-27-20-13-14-21-23(15-20)28-22(24(21)26)8-4-7-17-5-2-1-3-6-17/h1-15H,16H2/b7-4+,22-8-. The smallest absolute Gasteiger partial charge is 0.231 e. The molecule has 0 N–H and O–H groups in total. The highest BCUT2D eigenvalue weighted by molar-refractivity contribution is 6.12. The van der Waals surface area contributed by atoms with Crippen LogP contribution in [-0.4, -0.2) is 5.78 Å². The molecule has 0 atom stereocenters. The Morgan fingerprint density at radius 1 is 0.964 bits per heavy atom. The Kier molecular flexibility index (Phi) is 5.02. The minimum Gasteiger partial charge on any atom is -0.489 e. The fourth-order valence-corrected chi connectivity index (χ4v) is 2.83. The molecule has 0 spiro atoms. The Morgan fingerprint density at radius 3 is 2.54 bits per heavy atom. The van der Waals surface area contributed by atoms with Crippen molar-refractivity contribution in [3.8, 4) is 11.5 Å². The molecule has 0 bridgehead atoms. The van der Waals surface area contributed by atoms with Crippen molar-refractivity contribution in [2.45, 2.75) is 6.61 Å². The summed E-state index contributed by atoms with van der Waals surface area (Å²) in [6.07, 6.45) is 5.36. The number of allylic oxidation sites excluding steroid dienone is 3. The molecule has 3 nitrogen and oxygen atoms in total. The predicted octanol–water partition coefficient (Wildman–Crippen LogP) is 5.58. The van der Waals surface area contributed by atoms with Gasteiger partial charge in [0.15, 0.2) is 5.76 Å². The molecule has 0 fully saturated rings. The fourth-order valence-electron chi connectivity index (χ4n) is 2.83. The maximum Gasteiger partial charge on any atom is 0.231 e. The van der Waals surface area contributed by atoms with E-state index in [0.717, 1.165) is 11.1 Å². The monoisotopic (exact) mass is 372 g/mol. The molecular formula is C24H17FO3. The van der Waals surface area contributed by atoms with Crippen LogP contribution in [0.5, 0.6) is 11.5 Å².